The normalized spacial score (nSPS) is 25.8. The summed E-state index contributed by atoms with van der Waals surface area (Å²) in [5, 5.41) is 0. The topological polar surface area (TPSA) is 26.3 Å². The molecule has 0 aliphatic heterocycles. The fourth-order valence-electron chi connectivity index (χ4n) is 2.87. The van der Waals surface area contributed by atoms with Gasteiger partial charge in [-0.3, -0.25) is 4.79 Å². The van der Waals surface area contributed by atoms with E-state index >= 15 is 0 Å². The van der Waals surface area contributed by atoms with Crippen LogP contribution in [0.2, 0.25) is 0 Å². The summed E-state index contributed by atoms with van der Waals surface area (Å²) in [5.74, 6) is 1.80. The second kappa shape index (κ2) is 4.45. The molecule has 0 spiro atoms. The van der Waals surface area contributed by atoms with Gasteiger partial charge in [0, 0.05) is 12.0 Å². The predicted octanol–water partition coefficient (Wildman–Crippen LogP) is 3.15. The second-order valence-corrected chi connectivity index (χ2v) is 4.95. The van der Waals surface area contributed by atoms with Crippen molar-refractivity contribution >= 4 is 5.78 Å². The molecule has 2 atom stereocenters. The first-order chi connectivity index (χ1) is 8.78. The van der Waals surface area contributed by atoms with E-state index in [4.69, 9.17) is 4.74 Å². The maximum atomic E-state index is 12.3. The SMILES string of the molecule is COC1=CC2CC(=O)c3ccccc3CC2C=C1. The van der Waals surface area contributed by atoms with Crippen LogP contribution in [0.15, 0.2) is 48.3 Å². The van der Waals surface area contributed by atoms with Gasteiger partial charge in [0.1, 0.15) is 5.76 Å². The molecule has 0 radical (unpaired) electrons. The number of carbonyl (C=O) groups excluding carboxylic acids is 1. The van der Waals surface area contributed by atoms with Crippen LogP contribution >= 0.6 is 0 Å². The van der Waals surface area contributed by atoms with Crippen LogP contribution in [0, 0.1) is 11.8 Å². The van der Waals surface area contributed by atoms with Gasteiger partial charge in [-0.05, 0) is 36.0 Å². The minimum absolute atomic E-state index is 0.250. The number of hydrogen-bond acceptors (Lipinski definition) is 2. The molecule has 92 valence electrons. The van der Waals surface area contributed by atoms with E-state index in [1.165, 1.54) is 5.56 Å². The zero-order chi connectivity index (χ0) is 12.5. The van der Waals surface area contributed by atoms with E-state index in [0.29, 0.717) is 12.3 Å². The molecule has 1 aromatic rings. The fourth-order valence-corrected chi connectivity index (χ4v) is 2.87. The molecule has 0 saturated carbocycles. The largest absolute Gasteiger partial charge is 0.497 e. The number of benzene rings is 1. The van der Waals surface area contributed by atoms with Crippen LogP contribution in [0.3, 0.4) is 0 Å². The van der Waals surface area contributed by atoms with Gasteiger partial charge >= 0.3 is 0 Å². The van der Waals surface area contributed by atoms with Gasteiger partial charge in [0.05, 0.1) is 7.11 Å². The van der Waals surface area contributed by atoms with Gasteiger partial charge in [-0.2, -0.15) is 0 Å². The summed E-state index contributed by atoms with van der Waals surface area (Å²) in [4.78, 5) is 12.3. The predicted molar refractivity (Wildman–Crippen MR) is 70.3 cm³/mol. The van der Waals surface area contributed by atoms with E-state index in [9.17, 15) is 4.79 Å². The number of hydrogen-bond donors (Lipinski definition) is 0. The van der Waals surface area contributed by atoms with Crippen molar-refractivity contribution in [2.24, 2.45) is 11.8 Å². The zero-order valence-electron chi connectivity index (χ0n) is 10.4. The minimum atomic E-state index is 0.250. The van der Waals surface area contributed by atoms with Crippen molar-refractivity contribution in [1.29, 1.82) is 0 Å². The Morgan fingerprint density at radius 1 is 1.17 bits per heavy atom. The molecule has 0 bridgehead atoms. The molecule has 3 rings (SSSR count). The molecule has 0 aromatic heterocycles. The Morgan fingerprint density at radius 3 is 2.83 bits per heavy atom. The number of ketones is 1. The fraction of sp³-hybridized carbons (Fsp3) is 0.312. The maximum Gasteiger partial charge on any atom is 0.163 e. The quantitative estimate of drug-likeness (QED) is 0.753. The van der Waals surface area contributed by atoms with Crippen LogP contribution < -0.4 is 0 Å². The number of carbonyl (C=O) groups is 1. The first kappa shape index (κ1) is 11.3. The highest BCUT2D eigenvalue weighted by Gasteiger charge is 2.29. The highest BCUT2D eigenvalue weighted by atomic mass is 16.5. The van der Waals surface area contributed by atoms with Gasteiger partial charge < -0.3 is 4.74 Å². The van der Waals surface area contributed by atoms with E-state index in [0.717, 1.165) is 17.7 Å². The zero-order valence-corrected chi connectivity index (χ0v) is 10.4. The first-order valence-electron chi connectivity index (χ1n) is 6.33. The molecule has 18 heavy (non-hydrogen) atoms. The molecular weight excluding hydrogens is 224 g/mol. The van der Waals surface area contributed by atoms with Crippen LogP contribution in [0.1, 0.15) is 22.3 Å². The third-order valence-corrected chi connectivity index (χ3v) is 3.87. The average Bonchev–Trinajstić information content (AvgIpc) is 2.54. The molecular formula is C16H16O2. The third-order valence-electron chi connectivity index (χ3n) is 3.87. The Hall–Kier alpha value is -1.83. The molecule has 2 heteroatoms. The number of rotatable bonds is 1. The molecule has 0 saturated heterocycles. The van der Waals surface area contributed by atoms with Gasteiger partial charge in [-0.15, -0.1) is 0 Å². The Kier molecular flexibility index (Phi) is 2.78. The standard InChI is InChI=1S/C16H16O2/c1-18-14-7-6-11-8-12-4-2-3-5-15(12)16(17)10-13(11)9-14/h2-7,9,11,13H,8,10H2,1H3. The number of fused-ring (bicyclic) bond motifs is 2. The van der Waals surface area contributed by atoms with Crippen molar-refractivity contribution in [2.75, 3.05) is 7.11 Å². The minimum Gasteiger partial charge on any atom is -0.497 e. The highest BCUT2D eigenvalue weighted by Crippen LogP contribution is 2.34. The molecule has 2 aliphatic carbocycles. The van der Waals surface area contributed by atoms with Crippen LogP contribution in [-0.2, 0) is 11.2 Å². The maximum absolute atomic E-state index is 12.3. The van der Waals surface area contributed by atoms with Gasteiger partial charge in [0.25, 0.3) is 0 Å². The molecule has 2 nitrogen and oxygen atoms in total. The molecule has 2 aliphatic rings. The Balaban J connectivity index is 1.98. The van der Waals surface area contributed by atoms with Crippen molar-refractivity contribution in [1.82, 2.24) is 0 Å². The van der Waals surface area contributed by atoms with Crippen molar-refractivity contribution < 1.29 is 9.53 Å². The lowest BCUT2D eigenvalue weighted by molar-refractivity contribution is 0.0966. The van der Waals surface area contributed by atoms with Gasteiger partial charge in [-0.25, -0.2) is 0 Å². The summed E-state index contributed by atoms with van der Waals surface area (Å²) in [7, 11) is 1.67. The van der Waals surface area contributed by atoms with Crippen LogP contribution in [-0.4, -0.2) is 12.9 Å². The van der Waals surface area contributed by atoms with E-state index in [-0.39, 0.29) is 11.7 Å². The van der Waals surface area contributed by atoms with Gasteiger partial charge in [0.2, 0.25) is 0 Å². The number of methoxy groups -OCH3 is 1. The first-order valence-corrected chi connectivity index (χ1v) is 6.33. The Morgan fingerprint density at radius 2 is 2.00 bits per heavy atom. The van der Waals surface area contributed by atoms with Crippen molar-refractivity contribution in [3.05, 3.63) is 59.4 Å². The lowest BCUT2D eigenvalue weighted by Gasteiger charge is -2.22. The summed E-state index contributed by atoms with van der Waals surface area (Å²) in [6.07, 6.45) is 7.81. The average molecular weight is 240 g/mol. The second-order valence-electron chi connectivity index (χ2n) is 4.95. The third kappa shape index (κ3) is 1.88. The van der Waals surface area contributed by atoms with Crippen LogP contribution in [0.5, 0.6) is 0 Å². The molecule has 0 heterocycles. The van der Waals surface area contributed by atoms with Crippen molar-refractivity contribution in [3.63, 3.8) is 0 Å². The van der Waals surface area contributed by atoms with Gasteiger partial charge in [-0.1, -0.05) is 30.3 Å². The molecule has 1 aromatic carbocycles. The van der Waals surface area contributed by atoms with Crippen LogP contribution in [0.4, 0.5) is 0 Å². The Labute approximate surface area is 107 Å². The number of allylic oxidation sites excluding steroid dienone is 3. The molecule has 0 N–H and O–H groups in total. The molecule has 2 unspecified atom stereocenters. The summed E-state index contributed by atoms with van der Waals surface area (Å²) >= 11 is 0. The monoisotopic (exact) mass is 240 g/mol. The Bertz CT molecular complexity index is 540. The van der Waals surface area contributed by atoms with E-state index in [2.05, 4.69) is 18.2 Å². The van der Waals surface area contributed by atoms with Gasteiger partial charge in [0.15, 0.2) is 5.78 Å². The highest BCUT2D eigenvalue weighted by molar-refractivity contribution is 5.98. The van der Waals surface area contributed by atoms with E-state index in [1.54, 1.807) is 7.11 Å². The summed E-state index contributed by atoms with van der Waals surface area (Å²) in [6.45, 7) is 0. The lowest BCUT2D eigenvalue weighted by atomic mass is 9.83. The summed E-state index contributed by atoms with van der Waals surface area (Å²) in [5.41, 5.74) is 2.07. The van der Waals surface area contributed by atoms with E-state index in [1.807, 2.05) is 24.3 Å². The van der Waals surface area contributed by atoms with Crippen LogP contribution in [0.25, 0.3) is 0 Å². The van der Waals surface area contributed by atoms with E-state index < -0.39 is 0 Å². The lowest BCUT2D eigenvalue weighted by Crippen LogP contribution is -2.16. The molecule has 0 amide bonds. The van der Waals surface area contributed by atoms with Crippen molar-refractivity contribution in [3.8, 4) is 0 Å². The summed E-state index contributed by atoms with van der Waals surface area (Å²) < 4.78 is 5.26. The molecule has 0 fully saturated rings. The smallest absolute Gasteiger partial charge is 0.163 e. The van der Waals surface area contributed by atoms with Crippen molar-refractivity contribution in [2.45, 2.75) is 12.8 Å². The number of Topliss-reactive ketones (excluding diaryl/α,β-unsaturated/α-hetero) is 1. The number of ether oxygens (including phenoxy) is 1. The summed E-state index contributed by atoms with van der Waals surface area (Å²) in [6, 6.07) is 7.96.